The molecule has 0 saturated heterocycles. The zero-order valence-electron chi connectivity index (χ0n) is 10.5. The molecule has 0 spiro atoms. The van der Waals surface area contributed by atoms with Gasteiger partial charge in [0.05, 0.1) is 0 Å². The molecule has 1 saturated carbocycles. The molecule has 0 heterocycles. The van der Waals surface area contributed by atoms with E-state index in [4.69, 9.17) is 23.2 Å². The van der Waals surface area contributed by atoms with Gasteiger partial charge in [-0.05, 0) is 48.2 Å². The van der Waals surface area contributed by atoms with E-state index < -0.39 is 0 Å². The van der Waals surface area contributed by atoms with E-state index in [2.05, 4.69) is 37.3 Å². The maximum atomic E-state index is 6.20. The number of allylic oxidation sites excluding steroid dienone is 8. The van der Waals surface area contributed by atoms with Gasteiger partial charge in [-0.15, -0.1) is 11.6 Å². The monoisotopic (exact) mass is 280 g/mol. The first kappa shape index (κ1) is 12.6. The SMILES string of the molecule is CC(C1=CC2CC(Cl)[C@@H]2C=C1)[C@@H]1C=CC(Cl)=CC1. The Labute approximate surface area is 119 Å². The molecule has 0 aliphatic heterocycles. The lowest BCUT2D eigenvalue weighted by Crippen LogP contribution is -2.37. The van der Waals surface area contributed by atoms with E-state index in [-0.39, 0.29) is 0 Å². The van der Waals surface area contributed by atoms with Gasteiger partial charge in [-0.2, -0.15) is 0 Å². The van der Waals surface area contributed by atoms with Crippen molar-refractivity contribution < 1.29 is 0 Å². The van der Waals surface area contributed by atoms with E-state index in [9.17, 15) is 0 Å². The van der Waals surface area contributed by atoms with Crippen LogP contribution in [-0.4, -0.2) is 5.38 Å². The second kappa shape index (κ2) is 4.90. The quantitative estimate of drug-likeness (QED) is 0.620. The van der Waals surface area contributed by atoms with Crippen LogP contribution >= 0.6 is 23.2 Å². The highest BCUT2D eigenvalue weighted by molar-refractivity contribution is 6.31. The Bertz CT molecular complexity index is 456. The van der Waals surface area contributed by atoms with Gasteiger partial charge in [0, 0.05) is 10.4 Å². The van der Waals surface area contributed by atoms with Gasteiger partial charge in [-0.25, -0.2) is 0 Å². The van der Waals surface area contributed by atoms with Crippen LogP contribution in [0.1, 0.15) is 19.8 Å². The zero-order valence-corrected chi connectivity index (χ0v) is 12.0. The fourth-order valence-electron chi connectivity index (χ4n) is 3.15. The molecule has 1 fully saturated rings. The summed E-state index contributed by atoms with van der Waals surface area (Å²) in [6, 6.07) is 0. The second-order valence-corrected chi connectivity index (χ2v) is 6.65. The molecule has 2 heteroatoms. The summed E-state index contributed by atoms with van der Waals surface area (Å²) in [6.45, 7) is 2.31. The van der Waals surface area contributed by atoms with Crippen molar-refractivity contribution in [2.24, 2.45) is 23.7 Å². The van der Waals surface area contributed by atoms with Crippen molar-refractivity contribution in [3.05, 3.63) is 47.1 Å². The van der Waals surface area contributed by atoms with Crippen molar-refractivity contribution in [2.75, 3.05) is 0 Å². The zero-order chi connectivity index (χ0) is 12.7. The van der Waals surface area contributed by atoms with Crippen molar-refractivity contribution in [1.82, 2.24) is 0 Å². The number of hydrogen-bond donors (Lipinski definition) is 0. The highest BCUT2D eigenvalue weighted by Gasteiger charge is 2.38. The Morgan fingerprint density at radius 3 is 2.72 bits per heavy atom. The molecular weight excluding hydrogens is 263 g/mol. The maximum absolute atomic E-state index is 6.20. The van der Waals surface area contributed by atoms with Crippen LogP contribution in [-0.2, 0) is 0 Å². The van der Waals surface area contributed by atoms with E-state index in [0.717, 1.165) is 17.9 Å². The van der Waals surface area contributed by atoms with E-state index >= 15 is 0 Å². The minimum atomic E-state index is 0.357. The molecule has 0 aromatic rings. The van der Waals surface area contributed by atoms with Gasteiger partial charge >= 0.3 is 0 Å². The largest absolute Gasteiger partial charge is 0.122 e. The summed E-state index contributed by atoms with van der Waals surface area (Å²) >= 11 is 12.2. The Kier molecular flexibility index (Phi) is 3.42. The average molecular weight is 281 g/mol. The minimum absolute atomic E-state index is 0.357. The van der Waals surface area contributed by atoms with Gasteiger partial charge in [0.15, 0.2) is 0 Å². The Morgan fingerprint density at radius 1 is 1.28 bits per heavy atom. The highest BCUT2D eigenvalue weighted by Crippen LogP contribution is 2.45. The van der Waals surface area contributed by atoms with Gasteiger partial charge in [0.2, 0.25) is 0 Å². The van der Waals surface area contributed by atoms with Crippen LogP contribution in [0, 0.1) is 23.7 Å². The van der Waals surface area contributed by atoms with Gasteiger partial charge < -0.3 is 0 Å². The standard InChI is InChI=1S/C16H18Cl2/c1-10(11-2-5-14(17)6-3-11)12-4-7-15-13(8-12)9-16(15)18/h2,4-8,10-11,13,15-16H,3,9H2,1H3/t10?,11-,13?,15-,16?/m1/s1. The minimum Gasteiger partial charge on any atom is -0.122 e. The fraction of sp³-hybridized carbons (Fsp3) is 0.500. The summed E-state index contributed by atoms with van der Waals surface area (Å²) in [5, 5.41) is 1.23. The van der Waals surface area contributed by atoms with Crippen LogP contribution in [0.2, 0.25) is 0 Å². The van der Waals surface area contributed by atoms with E-state index in [1.807, 2.05) is 6.08 Å². The highest BCUT2D eigenvalue weighted by atomic mass is 35.5. The van der Waals surface area contributed by atoms with Crippen LogP contribution in [0.3, 0.4) is 0 Å². The normalized spacial score (nSPS) is 39.5. The summed E-state index contributed by atoms with van der Waals surface area (Å²) in [7, 11) is 0. The van der Waals surface area contributed by atoms with Crippen LogP contribution in [0.25, 0.3) is 0 Å². The summed E-state index contributed by atoms with van der Waals surface area (Å²) in [6.07, 6.45) is 15.6. The van der Waals surface area contributed by atoms with Crippen molar-refractivity contribution in [1.29, 1.82) is 0 Å². The molecule has 0 aromatic carbocycles. The lowest BCUT2D eigenvalue weighted by Gasteiger charge is -2.41. The van der Waals surface area contributed by atoms with Crippen LogP contribution in [0.5, 0.6) is 0 Å². The molecule has 3 aliphatic carbocycles. The van der Waals surface area contributed by atoms with Gasteiger partial charge in [-0.1, -0.05) is 48.9 Å². The number of rotatable bonds is 2. The fourth-order valence-corrected chi connectivity index (χ4v) is 3.78. The molecule has 96 valence electrons. The summed E-state index contributed by atoms with van der Waals surface area (Å²) < 4.78 is 0. The van der Waals surface area contributed by atoms with Crippen LogP contribution < -0.4 is 0 Å². The molecule has 0 N–H and O–H groups in total. The second-order valence-electron chi connectivity index (χ2n) is 5.66. The van der Waals surface area contributed by atoms with E-state index in [1.165, 1.54) is 5.57 Å². The van der Waals surface area contributed by atoms with Crippen molar-refractivity contribution in [2.45, 2.75) is 25.1 Å². The van der Waals surface area contributed by atoms with Crippen LogP contribution in [0.4, 0.5) is 0 Å². The first-order valence-corrected chi connectivity index (χ1v) is 7.54. The average Bonchev–Trinajstić information content (AvgIpc) is 2.37. The van der Waals surface area contributed by atoms with Crippen molar-refractivity contribution >= 4 is 23.2 Å². The first-order chi connectivity index (χ1) is 8.65. The van der Waals surface area contributed by atoms with Crippen molar-refractivity contribution in [3.63, 3.8) is 0 Å². The van der Waals surface area contributed by atoms with Crippen molar-refractivity contribution in [3.8, 4) is 0 Å². The third kappa shape index (κ3) is 2.21. The van der Waals surface area contributed by atoms with E-state index in [0.29, 0.717) is 29.0 Å². The van der Waals surface area contributed by atoms with Gasteiger partial charge in [-0.3, -0.25) is 0 Å². The van der Waals surface area contributed by atoms with Gasteiger partial charge in [0.1, 0.15) is 0 Å². The molecule has 0 aromatic heterocycles. The number of hydrogen-bond acceptors (Lipinski definition) is 0. The number of alkyl halides is 1. The summed E-state index contributed by atoms with van der Waals surface area (Å²) in [5.41, 5.74) is 1.47. The Balaban J connectivity index is 1.69. The molecule has 0 nitrogen and oxygen atoms in total. The summed E-state index contributed by atoms with van der Waals surface area (Å²) in [5.74, 6) is 2.40. The summed E-state index contributed by atoms with van der Waals surface area (Å²) in [4.78, 5) is 0. The van der Waals surface area contributed by atoms with Gasteiger partial charge in [0.25, 0.3) is 0 Å². The van der Waals surface area contributed by atoms with E-state index in [1.54, 1.807) is 0 Å². The lowest BCUT2D eigenvalue weighted by molar-refractivity contribution is 0.286. The first-order valence-electron chi connectivity index (χ1n) is 6.73. The van der Waals surface area contributed by atoms with Crippen LogP contribution in [0.15, 0.2) is 47.1 Å². The molecule has 0 bridgehead atoms. The third-order valence-corrected chi connectivity index (χ3v) is 5.33. The predicted octanol–water partition coefficient (Wildman–Crippen LogP) is 5.06. The number of fused-ring (bicyclic) bond motifs is 1. The predicted molar refractivity (Wildman–Crippen MR) is 78.8 cm³/mol. The third-order valence-electron chi connectivity index (χ3n) is 4.58. The molecule has 5 atom stereocenters. The maximum Gasteiger partial charge on any atom is 0.0410 e. The molecule has 3 aliphatic rings. The molecule has 0 amide bonds. The molecule has 0 radical (unpaired) electrons. The molecular formula is C16H18Cl2. The molecule has 18 heavy (non-hydrogen) atoms. The molecule has 3 unspecified atom stereocenters. The molecule has 3 rings (SSSR count). The Morgan fingerprint density at radius 2 is 2.11 bits per heavy atom. The number of halogens is 2. The topological polar surface area (TPSA) is 0 Å². The lowest BCUT2D eigenvalue weighted by atomic mass is 9.68. The Hall–Kier alpha value is -0.460. The smallest absolute Gasteiger partial charge is 0.0410 e.